The summed E-state index contributed by atoms with van der Waals surface area (Å²) < 4.78 is 1.81. The van der Waals surface area contributed by atoms with E-state index < -0.39 is 0 Å². The molecule has 0 radical (unpaired) electrons. The third-order valence-corrected chi connectivity index (χ3v) is 7.94. The van der Waals surface area contributed by atoms with Crippen molar-refractivity contribution in [3.63, 3.8) is 0 Å². The van der Waals surface area contributed by atoms with Crippen molar-refractivity contribution in [2.45, 2.75) is 45.2 Å². The normalized spacial score (nSPS) is 26.7. The molecule has 1 aromatic heterocycles. The largest absolute Gasteiger partial charge is 0.277 e. The fraction of sp³-hybridized carbons (Fsp3) is 0.500. The molecule has 2 aliphatic carbocycles. The summed E-state index contributed by atoms with van der Waals surface area (Å²) in [5.74, 6) is 0.751. The molecule has 2 unspecified atom stereocenters. The SMILES string of the molecule is CC12CCC(C/C1=N/NC(=O)CSc1nncn1-c1cccc(Cl)c1)C2(C)C. The molecule has 2 saturated carbocycles. The second-order valence-corrected chi connectivity index (χ2v) is 9.72. The topological polar surface area (TPSA) is 72.2 Å². The zero-order chi connectivity index (χ0) is 19.9. The van der Waals surface area contributed by atoms with E-state index in [1.165, 1.54) is 18.2 Å². The van der Waals surface area contributed by atoms with Crippen LogP contribution in [0.4, 0.5) is 0 Å². The lowest BCUT2D eigenvalue weighted by atomic mass is 9.70. The number of carbonyl (C=O) groups is 1. The number of nitrogens with zero attached hydrogens (tertiary/aromatic N) is 4. The molecule has 0 saturated heterocycles. The van der Waals surface area contributed by atoms with Crippen LogP contribution >= 0.6 is 23.4 Å². The van der Waals surface area contributed by atoms with Crippen LogP contribution in [-0.4, -0.2) is 32.1 Å². The minimum atomic E-state index is -0.137. The summed E-state index contributed by atoms with van der Waals surface area (Å²) in [5.41, 5.74) is 5.08. The fourth-order valence-electron chi connectivity index (χ4n) is 4.52. The maximum atomic E-state index is 12.4. The number of nitrogens with one attached hydrogen (secondary N) is 1. The average molecular weight is 418 g/mol. The van der Waals surface area contributed by atoms with Gasteiger partial charge in [-0.3, -0.25) is 9.36 Å². The van der Waals surface area contributed by atoms with Gasteiger partial charge in [0.2, 0.25) is 0 Å². The van der Waals surface area contributed by atoms with Gasteiger partial charge in [0.15, 0.2) is 5.16 Å². The molecule has 0 aliphatic heterocycles. The van der Waals surface area contributed by atoms with Crippen LogP contribution in [-0.2, 0) is 4.79 Å². The zero-order valence-electron chi connectivity index (χ0n) is 16.3. The van der Waals surface area contributed by atoms with Crippen LogP contribution in [0, 0.1) is 16.7 Å². The lowest BCUT2D eigenvalue weighted by Gasteiger charge is -2.34. The summed E-state index contributed by atoms with van der Waals surface area (Å²) in [6, 6.07) is 7.43. The molecule has 4 rings (SSSR count). The number of benzene rings is 1. The highest BCUT2D eigenvalue weighted by molar-refractivity contribution is 7.99. The molecule has 2 aliphatic rings. The van der Waals surface area contributed by atoms with Gasteiger partial charge in [-0.1, -0.05) is 50.2 Å². The number of hydrazone groups is 1. The van der Waals surface area contributed by atoms with Gasteiger partial charge in [0.1, 0.15) is 6.33 Å². The predicted octanol–water partition coefficient (Wildman–Crippen LogP) is 4.33. The van der Waals surface area contributed by atoms with Gasteiger partial charge < -0.3 is 0 Å². The number of aromatic nitrogens is 3. The van der Waals surface area contributed by atoms with Crippen LogP contribution in [0.15, 0.2) is 40.9 Å². The number of hydrogen-bond acceptors (Lipinski definition) is 5. The van der Waals surface area contributed by atoms with E-state index in [9.17, 15) is 4.79 Å². The van der Waals surface area contributed by atoms with Gasteiger partial charge in [-0.2, -0.15) is 5.10 Å². The second kappa shape index (κ2) is 7.19. The molecule has 1 heterocycles. The summed E-state index contributed by atoms with van der Waals surface area (Å²) in [4.78, 5) is 12.4. The number of amides is 1. The van der Waals surface area contributed by atoms with Crippen LogP contribution in [0.2, 0.25) is 5.02 Å². The smallest absolute Gasteiger partial charge is 0.250 e. The monoisotopic (exact) mass is 417 g/mol. The summed E-state index contributed by atoms with van der Waals surface area (Å²) in [7, 11) is 0. The van der Waals surface area contributed by atoms with E-state index in [0.717, 1.165) is 24.2 Å². The van der Waals surface area contributed by atoms with Gasteiger partial charge in [-0.15, -0.1) is 10.2 Å². The van der Waals surface area contributed by atoms with Crippen molar-refractivity contribution in [2.75, 3.05) is 5.75 Å². The second-order valence-electron chi connectivity index (χ2n) is 8.34. The maximum Gasteiger partial charge on any atom is 0.250 e. The minimum Gasteiger partial charge on any atom is -0.277 e. The van der Waals surface area contributed by atoms with Gasteiger partial charge in [0, 0.05) is 16.1 Å². The number of halogens is 1. The molecular formula is C20H24ClN5OS. The van der Waals surface area contributed by atoms with E-state index in [0.29, 0.717) is 16.1 Å². The lowest BCUT2D eigenvalue weighted by Crippen LogP contribution is -2.34. The highest BCUT2D eigenvalue weighted by Gasteiger charge is 2.60. The Balaban J connectivity index is 1.39. The van der Waals surface area contributed by atoms with E-state index in [2.05, 4.69) is 41.5 Å². The summed E-state index contributed by atoms with van der Waals surface area (Å²) in [5, 5.41) is 13.8. The van der Waals surface area contributed by atoms with E-state index in [1.54, 1.807) is 6.33 Å². The predicted molar refractivity (Wildman–Crippen MR) is 112 cm³/mol. The number of rotatable bonds is 5. The molecule has 1 aromatic carbocycles. The Hall–Kier alpha value is -1.86. The minimum absolute atomic E-state index is 0.0881. The Morgan fingerprint density at radius 2 is 2.25 bits per heavy atom. The number of carbonyl (C=O) groups excluding carboxylic acids is 1. The molecule has 0 spiro atoms. The first-order valence-electron chi connectivity index (χ1n) is 9.46. The van der Waals surface area contributed by atoms with Crippen LogP contribution in [0.3, 0.4) is 0 Å². The first-order valence-corrected chi connectivity index (χ1v) is 10.8. The maximum absolute atomic E-state index is 12.4. The van der Waals surface area contributed by atoms with Crippen LogP contribution in [0.5, 0.6) is 0 Å². The van der Waals surface area contributed by atoms with Crippen LogP contribution in [0.1, 0.15) is 40.0 Å². The van der Waals surface area contributed by atoms with Crippen molar-refractivity contribution in [2.24, 2.45) is 21.8 Å². The molecule has 8 heteroatoms. The summed E-state index contributed by atoms with van der Waals surface area (Å²) in [6.45, 7) is 6.94. The van der Waals surface area contributed by atoms with Crippen molar-refractivity contribution < 1.29 is 4.79 Å². The standard InChI is InChI=1S/C20H24ClN5OS/c1-19(2)13-7-8-20(19,3)16(9-13)23-24-17(27)11-28-18-25-22-12-26(18)15-6-4-5-14(21)10-15/h4-6,10,12-13H,7-9,11H2,1-3H3,(H,24,27)/b23-16-. The third-order valence-electron chi connectivity index (χ3n) is 6.76. The Bertz CT molecular complexity index is 940. The number of hydrogen-bond donors (Lipinski definition) is 1. The number of fused-ring (bicyclic) bond motifs is 2. The first kappa shape index (κ1) is 19.5. The van der Waals surface area contributed by atoms with Gasteiger partial charge in [-0.25, -0.2) is 5.43 Å². The van der Waals surface area contributed by atoms with E-state index in [-0.39, 0.29) is 22.5 Å². The van der Waals surface area contributed by atoms with Gasteiger partial charge in [0.05, 0.1) is 11.4 Å². The molecule has 2 aromatic rings. The summed E-state index contributed by atoms with van der Waals surface area (Å²) in [6.07, 6.45) is 5.01. The highest BCUT2D eigenvalue weighted by Crippen LogP contribution is 2.63. The third kappa shape index (κ3) is 3.24. The molecule has 2 bridgehead atoms. The molecular weight excluding hydrogens is 394 g/mol. The van der Waals surface area contributed by atoms with Crippen LogP contribution < -0.4 is 5.43 Å². The Morgan fingerprint density at radius 3 is 2.93 bits per heavy atom. The van der Waals surface area contributed by atoms with Crippen molar-refractivity contribution >= 4 is 35.0 Å². The van der Waals surface area contributed by atoms with Gasteiger partial charge in [-0.05, 0) is 48.8 Å². The highest BCUT2D eigenvalue weighted by atomic mass is 35.5. The van der Waals surface area contributed by atoms with Crippen molar-refractivity contribution in [3.05, 3.63) is 35.6 Å². The van der Waals surface area contributed by atoms with Crippen LogP contribution in [0.25, 0.3) is 5.69 Å². The first-order chi connectivity index (χ1) is 13.3. The van der Waals surface area contributed by atoms with Crippen molar-refractivity contribution in [1.29, 1.82) is 0 Å². The Kier molecular flexibility index (Phi) is 5.00. The summed E-state index contributed by atoms with van der Waals surface area (Å²) >= 11 is 7.39. The van der Waals surface area contributed by atoms with Crippen molar-refractivity contribution in [3.8, 4) is 5.69 Å². The van der Waals surface area contributed by atoms with E-state index >= 15 is 0 Å². The molecule has 28 heavy (non-hydrogen) atoms. The lowest BCUT2D eigenvalue weighted by molar-refractivity contribution is -0.118. The quantitative estimate of drug-likeness (QED) is 0.580. The zero-order valence-corrected chi connectivity index (χ0v) is 17.8. The Morgan fingerprint density at radius 1 is 1.43 bits per heavy atom. The number of thioether (sulfide) groups is 1. The van der Waals surface area contributed by atoms with Crippen molar-refractivity contribution in [1.82, 2.24) is 20.2 Å². The molecule has 2 fully saturated rings. The average Bonchev–Trinajstić information content (AvgIpc) is 3.27. The molecule has 2 atom stereocenters. The fourth-order valence-corrected chi connectivity index (χ4v) is 5.42. The molecule has 148 valence electrons. The Labute approximate surface area is 174 Å². The molecule has 1 amide bonds. The van der Waals surface area contributed by atoms with E-state index in [4.69, 9.17) is 11.6 Å². The van der Waals surface area contributed by atoms with E-state index in [1.807, 2.05) is 28.8 Å². The molecule has 1 N–H and O–H groups in total. The van der Waals surface area contributed by atoms with Gasteiger partial charge >= 0.3 is 0 Å². The van der Waals surface area contributed by atoms with Gasteiger partial charge in [0.25, 0.3) is 5.91 Å². The molecule has 6 nitrogen and oxygen atoms in total.